The highest BCUT2D eigenvalue weighted by Gasteiger charge is 2.46. The van der Waals surface area contributed by atoms with E-state index in [2.05, 4.69) is 77.3 Å². The molecular weight excluding hydrogens is 626 g/mol. The number of hydrogen-bond donors (Lipinski definition) is 1. The number of ether oxygens (including phenoxy) is 1. The molecule has 1 fully saturated rings. The number of H-pyrrole nitrogens is 1. The maximum Gasteiger partial charge on any atom is 0.330 e. The molecule has 0 radical (unpaired) electrons. The number of aromatic nitrogens is 2. The SMILES string of the molecule is CC(C)N(C(C)C)P(OCCC#N)OC[C@H]1O[C@@H](n2cc(I)c(=O)[nH]c2=O)CC1O[Si](C)(C)C(C)(C)C. The molecule has 4 atom stereocenters. The van der Waals surface area contributed by atoms with Gasteiger partial charge in [-0.3, -0.25) is 14.3 Å². The molecule has 0 aromatic carbocycles. The first-order chi connectivity index (χ1) is 17.1. The number of nitriles is 1. The van der Waals surface area contributed by atoms with E-state index < -0.39 is 40.4 Å². The minimum absolute atomic E-state index is 0.0141. The smallest absolute Gasteiger partial charge is 0.330 e. The van der Waals surface area contributed by atoms with Crippen molar-refractivity contribution in [3.63, 3.8) is 0 Å². The Bertz CT molecular complexity index is 1040. The van der Waals surface area contributed by atoms with Crippen molar-refractivity contribution in [3.8, 4) is 6.07 Å². The van der Waals surface area contributed by atoms with Crippen molar-refractivity contribution in [3.05, 3.63) is 30.6 Å². The summed E-state index contributed by atoms with van der Waals surface area (Å²) in [6, 6.07) is 2.46. The summed E-state index contributed by atoms with van der Waals surface area (Å²) >= 11 is 1.91. The van der Waals surface area contributed by atoms with Crippen molar-refractivity contribution in [2.45, 2.75) is 110 Å². The van der Waals surface area contributed by atoms with Gasteiger partial charge in [-0.1, -0.05) is 20.8 Å². The summed E-state index contributed by atoms with van der Waals surface area (Å²) in [5, 5.41) is 8.97. The molecule has 0 bridgehead atoms. The fourth-order valence-corrected chi connectivity index (χ4v) is 7.24. The summed E-state index contributed by atoms with van der Waals surface area (Å²) in [5.41, 5.74) is -0.938. The summed E-state index contributed by atoms with van der Waals surface area (Å²) in [4.78, 5) is 26.9. The average molecular weight is 669 g/mol. The van der Waals surface area contributed by atoms with E-state index >= 15 is 0 Å². The Labute approximate surface area is 236 Å². The lowest BCUT2D eigenvalue weighted by Crippen LogP contribution is -2.46. The molecule has 1 saturated heterocycles. The summed E-state index contributed by atoms with van der Waals surface area (Å²) < 4.78 is 29.5. The van der Waals surface area contributed by atoms with Crippen molar-refractivity contribution in [2.24, 2.45) is 0 Å². The molecule has 2 heterocycles. The van der Waals surface area contributed by atoms with Crippen LogP contribution < -0.4 is 11.2 Å². The van der Waals surface area contributed by atoms with Crippen LogP contribution in [0.5, 0.6) is 0 Å². The second-order valence-corrected chi connectivity index (χ2v) is 18.6. The van der Waals surface area contributed by atoms with E-state index in [-0.39, 0.29) is 42.9 Å². The van der Waals surface area contributed by atoms with Crippen LogP contribution in [0.25, 0.3) is 0 Å². The van der Waals surface area contributed by atoms with Gasteiger partial charge >= 0.3 is 5.69 Å². The number of nitrogens with one attached hydrogen (secondary N) is 1. The van der Waals surface area contributed by atoms with Gasteiger partial charge < -0.3 is 18.2 Å². The van der Waals surface area contributed by atoms with Gasteiger partial charge in [-0.15, -0.1) is 0 Å². The van der Waals surface area contributed by atoms with Gasteiger partial charge in [0.1, 0.15) is 12.3 Å². The van der Waals surface area contributed by atoms with Gasteiger partial charge in [-0.2, -0.15) is 5.26 Å². The van der Waals surface area contributed by atoms with Crippen molar-refractivity contribution in [1.29, 1.82) is 5.26 Å². The van der Waals surface area contributed by atoms with E-state index in [4.69, 9.17) is 23.5 Å². The number of nitrogens with zero attached hydrogens (tertiary/aromatic N) is 3. The minimum atomic E-state index is -2.17. The Hall–Kier alpha value is -0.653. The fraction of sp³-hybridized carbons (Fsp3) is 0.792. The predicted molar refractivity (Wildman–Crippen MR) is 156 cm³/mol. The fourth-order valence-electron chi connectivity index (χ4n) is 3.83. The second kappa shape index (κ2) is 13.6. The largest absolute Gasteiger partial charge is 0.411 e. The molecule has 1 aromatic heterocycles. The topological polar surface area (TPSA) is 119 Å². The lowest BCUT2D eigenvalue weighted by atomic mass is 10.2. The van der Waals surface area contributed by atoms with Gasteiger partial charge in [0.2, 0.25) is 0 Å². The monoisotopic (exact) mass is 668 g/mol. The molecule has 2 unspecified atom stereocenters. The summed E-state index contributed by atoms with van der Waals surface area (Å²) in [7, 11) is -3.62. The standard InChI is InChI=1S/C24H42IN4O6PSi/c1-16(2)29(17(3)4)36(32-12-10-11-26)33-15-20-19(35-37(8,9)24(5,6)7)13-21(34-20)28-14-18(25)22(30)27-23(28)31/h14,16-17,19-21H,10,12-13,15H2,1-9H3,(H,27,30,31)/t19?,20-,21-,36?/m1/s1. The predicted octanol–water partition coefficient (Wildman–Crippen LogP) is 5.11. The number of aromatic amines is 1. The normalized spacial score (nSPS) is 21.7. The molecular formula is C24H42IN4O6PSi. The third kappa shape index (κ3) is 8.67. The molecule has 37 heavy (non-hydrogen) atoms. The van der Waals surface area contributed by atoms with Crippen LogP contribution in [-0.2, 0) is 18.2 Å². The average Bonchev–Trinajstić information content (AvgIpc) is 3.14. The molecule has 0 amide bonds. The molecule has 1 aliphatic rings. The van der Waals surface area contributed by atoms with Gasteiger partial charge in [0, 0.05) is 24.7 Å². The first-order valence-electron chi connectivity index (χ1n) is 12.6. The summed E-state index contributed by atoms with van der Waals surface area (Å²) in [6.45, 7) is 19.7. The molecule has 0 aliphatic carbocycles. The van der Waals surface area contributed by atoms with Crippen LogP contribution in [0.1, 0.15) is 67.5 Å². The van der Waals surface area contributed by atoms with Crippen molar-refractivity contribution in [2.75, 3.05) is 13.2 Å². The van der Waals surface area contributed by atoms with E-state index in [1.54, 1.807) is 0 Å². The van der Waals surface area contributed by atoms with Crippen LogP contribution in [0.3, 0.4) is 0 Å². The lowest BCUT2D eigenvalue weighted by molar-refractivity contribution is -0.0414. The second-order valence-electron chi connectivity index (χ2n) is 11.3. The van der Waals surface area contributed by atoms with Crippen molar-refractivity contribution < 1.29 is 18.2 Å². The lowest BCUT2D eigenvalue weighted by Gasteiger charge is -2.40. The van der Waals surface area contributed by atoms with Gasteiger partial charge in [0.15, 0.2) is 8.32 Å². The van der Waals surface area contributed by atoms with Crippen LogP contribution in [0.4, 0.5) is 0 Å². The Morgan fingerprint density at radius 1 is 1.27 bits per heavy atom. The number of rotatable bonds is 12. The zero-order valence-electron chi connectivity index (χ0n) is 23.4. The quantitative estimate of drug-likeness (QED) is 0.141. The molecule has 1 aromatic rings. The Morgan fingerprint density at radius 3 is 2.43 bits per heavy atom. The first kappa shape index (κ1) is 32.6. The molecule has 210 valence electrons. The molecule has 0 spiro atoms. The number of hydrogen-bond acceptors (Lipinski definition) is 8. The molecule has 1 N–H and O–H groups in total. The van der Waals surface area contributed by atoms with E-state index in [9.17, 15) is 9.59 Å². The van der Waals surface area contributed by atoms with Crippen LogP contribution in [0, 0.1) is 14.9 Å². The summed E-state index contributed by atoms with van der Waals surface area (Å²) in [6.07, 6.45) is 0.910. The molecule has 1 aliphatic heterocycles. The highest BCUT2D eigenvalue weighted by Crippen LogP contribution is 2.47. The Kier molecular flexibility index (Phi) is 12.0. The third-order valence-electron chi connectivity index (χ3n) is 6.68. The van der Waals surface area contributed by atoms with E-state index in [1.165, 1.54) is 10.8 Å². The molecule has 2 rings (SSSR count). The maximum atomic E-state index is 12.6. The van der Waals surface area contributed by atoms with Crippen LogP contribution in [-0.4, -0.2) is 60.0 Å². The third-order valence-corrected chi connectivity index (χ3v) is 14.0. The highest BCUT2D eigenvalue weighted by molar-refractivity contribution is 14.1. The van der Waals surface area contributed by atoms with E-state index in [0.29, 0.717) is 9.99 Å². The van der Waals surface area contributed by atoms with Gasteiger partial charge in [0.05, 0.1) is 35.4 Å². The maximum absolute atomic E-state index is 12.6. The van der Waals surface area contributed by atoms with Crippen LogP contribution >= 0.6 is 31.1 Å². The molecule has 13 heteroatoms. The summed E-state index contributed by atoms with van der Waals surface area (Å²) in [5.74, 6) is 0. The van der Waals surface area contributed by atoms with Crippen molar-refractivity contribution >= 4 is 39.4 Å². The molecule has 10 nitrogen and oxygen atoms in total. The van der Waals surface area contributed by atoms with Crippen molar-refractivity contribution in [1.82, 2.24) is 14.2 Å². The zero-order chi connectivity index (χ0) is 28.1. The minimum Gasteiger partial charge on any atom is -0.411 e. The van der Waals surface area contributed by atoms with Crippen LogP contribution in [0.2, 0.25) is 18.1 Å². The first-order valence-corrected chi connectivity index (χ1v) is 17.8. The van der Waals surface area contributed by atoms with E-state index in [1.807, 2.05) is 22.6 Å². The van der Waals surface area contributed by atoms with Gasteiger partial charge in [0.25, 0.3) is 14.1 Å². The van der Waals surface area contributed by atoms with E-state index in [0.717, 1.165) is 0 Å². The zero-order valence-corrected chi connectivity index (χ0v) is 27.5. The Balaban J connectivity index is 2.33. The Morgan fingerprint density at radius 2 is 1.89 bits per heavy atom. The highest BCUT2D eigenvalue weighted by atomic mass is 127. The number of halogens is 1. The van der Waals surface area contributed by atoms with Gasteiger partial charge in [-0.25, -0.2) is 9.46 Å². The van der Waals surface area contributed by atoms with Gasteiger partial charge in [-0.05, 0) is 68.4 Å². The molecule has 0 saturated carbocycles. The van der Waals surface area contributed by atoms with Crippen LogP contribution in [0.15, 0.2) is 15.8 Å².